The number of carbonyl (C=O) groups excluding carboxylic acids is 1. The lowest BCUT2D eigenvalue weighted by Gasteiger charge is -2.20. The van der Waals surface area contributed by atoms with Crippen LogP contribution in [-0.4, -0.2) is 24.0 Å². The highest BCUT2D eigenvalue weighted by atomic mass is 16.1. The average Bonchev–Trinajstić information content (AvgIpc) is 3.15. The smallest absolute Gasteiger partial charge is 0.251 e. The van der Waals surface area contributed by atoms with Crippen LogP contribution in [0.4, 0.5) is 5.69 Å². The highest BCUT2D eigenvalue weighted by Crippen LogP contribution is 2.22. The van der Waals surface area contributed by atoms with Crippen molar-refractivity contribution in [2.45, 2.75) is 39.2 Å². The van der Waals surface area contributed by atoms with E-state index >= 15 is 0 Å². The Hall–Kier alpha value is -2.36. The maximum Gasteiger partial charge on any atom is 0.251 e. The molecule has 1 amide bonds. The number of hydrogen-bond donors (Lipinski definition) is 1. The lowest BCUT2D eigenvalue weighted by atomic mass is 10.0. The van der Waals surface area contributed by atoms with E-state index in [0.717, 1.165) is 30.8 Å². The van der Waals surface area contributed by atoms with Crippen molar-refractivity contribution in [2.24, 2.45) is 0 Å². The molecule has 1 aliphatic rings. The van der Waals surface area contributed by atoms with Crippen molar-refractivity contribution in [3.8, 4) is 0 Å². The Labute approximate surface area is 143 Å². The fraction of sp³-hybridized carbons (Fsp3) is 0.400. The van der Waals surface area contributed by atoms with Gasteiger partial charge in [0.05, 0.1) is 11.7 Å². The Morgan fingerprint density at radius 1 is 1.21 bits per heavy atom. The molecule has 0 spiro atoms. The monoisotopic (exact) mass is 323 g/mol. The quantitative estimate of drug-likeness (QED) is 0.908. The summed E-state index contributed by atoms with van der Waals surface area (Å²) >= 11 is 0. The van der Waals surface area contributed by atoms with E-state index in [0.29, 0.717) is 5.56 Å². The molecule has 0 bridgehead atoms. The highest BCUT2D eigenvalue weighted by molar-refractivity contribution is 5.94. The van der Waals surface area contributed by atoms with E-state index in [1.165, 1.54) is 18.5 Å². The molecular formula is C20H25N3O. The molecule has 24 heavy (non-hydrogen) atoms. The van der Waals surface area contributed by atoms with Gasteiger partial charge in [-0.1, -0.05) is 13.0 Å². The van der Waals surface area contributed by atoms with Gasteiger partial charge in [0.1, 0.15) is 0 Å². The minimum atomic E-state index is -0.0584. The van der Waals surface area contributed by atoms with Crippen LogP contribution in [0, 0.1) is 6.92 Å². The van der Waals surface area contributed by atoms with Gasteiger partial charge in [0.2, 0.25) is 0 Å². The van der Waals surface area contributed by atoms with Crippen LogP contribution < -0.4 is 10.2 Å². The van der Waals surface area contributed by atoms with Crippen LogP contribution in [-0.2, 0) is 0 Å². The standard InChI is InChI=1S/C20H25N3O/c1-3-18(19-15(2)7-6-12-21-19)22-20(24)16-8-10-17(11-9-16)23-13-4-5-14-23/h6-12,18H,3-5,13-14H2,1-2H3,(H,22,24)/t18-/m1/s1. The van der Waals surface area contributed by atoms with E-state index in [1.807, 2.05) is 43.3 Å². The summed E-state index contributed by atoms with van der Waals surface area (Å²) in [5.74, 6) is -0.0418. The van der Waals surface area contributed by atoms with Gasteiger partial charge in [0, 0.05) is 30.5 Å². The topological polar surface area (TPSA) is 45.2 Å². The van der Waals surface area contributed by atoms with Crippen molar-refractivity contribution in [1.29, 1.82) is 0 Å². The van der Waals surface area contributed by atoms with Gasteiger partial charge in [-0.3, -0.25) is 9.78 Å². The van der Waals surface area contributed by atoms with Gasteiger partial charge >= 0.3 is 0 Å². The number of aromatic nitrogens is 1. The lowest BCUT2D eigenvalue weighted by Crippen LogP contribution is -2.29. The third-order valence-corrected chi connectivity index (χ3v) is 4.69. The molecule has 2 heterocycles. The molecule has 1 saturated heterocycles. The van der Waals surface area contributed by atoms with E-state index in [9.17, 15) is 4.79 Å². The molecule has 2 aromatic rings. The summed E-state index contributed by atoms with van der Waals surface area (Å²) in [6.45, 7) is 6.32. The van der Waals surface area contributed by atoms with E-state index in [2.05, 4.69) is 22.1 Å². The molecule has 1 N–H and O–H groups in total. The molecule has 1 atom stereocenters. The number of amides is 1. The van der Waals surface area contributed by atoms with E-state index in [-0.39, 0.29) is 11.9 Å². The zero-order valence-electron chi connectivity index (χ0n) is 14.5. The molecule has 0 unspecified atom stereocenters. The Balaban J connectivity index is 1.70. The summed E-state index contributed by atoms with van der Waals surface area (Å²) in [6.07, 6.45) is 5.10. The van der Waals surface area contributed by atoms with Gasteiger partial charge in [-0.15, -0.1) is 0 Å². The number of rotatable bonds is 5. The molecule has 3 rings (SSSR count). The first kappa shape index (κ1) is 16.5. The molecule has 0 saturated carbocycles. The second kappa shape index (κ2) is 7.47. The van der Waals surface area contributed by atoms with Gasteiger partial charge in [0.15, 0.2) is 0 Å². The molecule has 126 valence electrons. The van der Waals surface area contributed by atoms with Crippen LogP contribution in [0.25, 0.3) is 0 Å². The first-order valence-electron chi connectivity index (χ1n) is 8.76. The predicted octanol–water partition coefficient (Wildman–Crippen LogP) is 3.87. The summed E-state index contributed by atoms with van der Waals surface area (Å²) < 4.78 is 0. The molecule has 4 nitrogen and oxygen atoms in total. The number of carbonyl (C=O) groups is 1. The maximum absolute atomic E-state index is 12.6. The van der Waals surface area contributed by atoms with E-state index < -0.39 is 0 Å². The van der Waals surface area contributed by atoms with Crippen LogP contribution in [0.2, 0.25) is 0 Å². The Bertz CT molecular complexity index is 690. The summed E-state index contributed by atoms with van der Waals surface area (Å²) in [6, 6.07) is 11.8. The van der Waals surface area contributed by atoms with Crippen LogP contribution in [0.1, 0.15) is 53.8 Å². The zero-order valence-corrected chi connectivity index (χ0v) is 14.5. The fourth-order valence-electron chi connectivity index (χ4n) is 3.27. The van der Waals surface area contributed by atoms with Gasteiger partial charge in [0.25, 0.3) is 5.91 Å². The summed E-state index contributed by atoms with van der Waals surface area (Å²) in [5.41, 5.74) is 3.96. The lowest BCUT2D eigenvalue weighted by molar-refractivity contribution is 0.0934. The van der Waals surface area contributed by atoms with Crippen molar-refractivity contribution >= 4 is 11.6 Å². The maximum atomic E-state index is 12.6. The Morgan fingerprint density at radius 2 is 1.92 bits per heavy atom. The molecule has 1 aliphatic heterocycles. The van der Waals surface area contributed by atoms with Gasteiger partial charge < -0.3 is 10.2 Å². The van der Waals surface area contributed by atoms with Gasteiger partial charge in [-0.25, -0.2) is 0 Å². The first-order chi connectivity index (χ1) is 11.7. The normalized spacial score (nSPS) is 15.3. The molecule has 0 aliphatic carbocycles. The summed E-state index contributed by atoms with van der Waals surface area (Å²) in [5, 5.41) is 3.11. The molecule has 0 radical (unpaired) electrons. The second-order valence-electron chi connectivity index (χ2n) is 6.38. The van der Waals surface area contributed by atoms with Crippen LogP contribution in [0.5, 0.6) is 0 Å². The number of pyridine rings is 1. The molecule has 1 aromatic heterocycles. The number of nitrogens with one attached hydrogen (secondary N) is 1. The molecule has 4 heteroatoms. The van der Waals surface area contributed by atoms with Crippen LogP contribution in [0.3, 0.4) is 0 Å². The highest BCUT2D eigenvalue weighted by Gasteiger charge is 2.17. The third-order valence-electron chi connectivity index (χ3n) is 4.69. The number of benzene rings is 1. The first-order valence-corrected chi connectivity index (χ1v) is 8.76. The third kappa shape index (κ3) is 3.58. The SMILES string of the molecule is CC[C@@H](NC(=O)c1ccc(N2CCCC2)cc1)c1ncccc1C. The van der Waals surface area contributed by atoms with Crippen molar-refractivity contribution in [3.63, 3.8) is 0 Å². The Morgan fingerprint density at radius 3 is 2.54 bits per heavy atom. The summed E-state index contributed by atoms with van der Waals surface area (Å²) in [4.78, 5) is 19.4. The van der Waals surface area contributed by atoms with Crippen molar-refractivity contribution in [2.75, 3.05) is 18.0 Å². The van der Waals surface area contributed by atoms with E-state index in [1.54, 1.807) is 6.20 Å². The van der Waals surface area contributed by atoms with E-state index in [4.69, 9.17) is 0 Å². The van der Waals surface area contributed by atoms with Gasteiger partial charge in [-0.2, -0.15) is 0 Å². The largest absolute Gasteiger partial charge is 0.372 e. The predicted molar refractivity (Wildman–Crippen MR) is 97.4 cm³/mol. The number of aryl methyl sites for hydroxylation is 1. The van der Waals surface area contributed by atoms with Crippen molar-refractivity contribution < 1.29 is 4.79 Å². The zero-order chi connectivity index (χ0) is 16.9. The Kier molecular flexibility index (Phi) is 5.14. The minimum absolute atomic E-state index is 0.0418. The molecule has 1 aromatic carbocycles. The van der Waals surface area contributed by atoms with Crippen molar-refractivity contribution in [3.05, 3.63) is 59.4 Å². The van der Waals surface area contributed by atoms with Crippen LogP contribution in [0.15, 0.2) is 42.6 Å². The average molecular weight is 323 g/mol. The molecular weight excluding hydrogens is 298 g/mol. The second-order valence-corrected chi connectivity index (χ2v) is 6.38. The number of nitrogens with zero attached hydrogens (tertiary/aromatic N) is 2. The fourth-order valence-corrected chi connectivity index (χ4v) is 3.27. The summed E-state index contributed by atoms with van der Waals surface area (Å²) in [7, 11) is 0. The van der Waals surface area contributed by atoms with Crippen molar-refractivity contribution in [1.82, 2.24) is 10.3 Å². The van der Waals surface area contributed by atoms with Gasteiger partial charge in [-0.05, 0) is 62.1 Å². The van der Waals surface area contributed by atoms with Crippen LogP contribution >= 0.6 is 0 Å². The number of hydrogen-bond acceptors (Lipinski definition) is 3. The minimum Gasteiger partial charge on any atom is -0.372 e. The number of anilines is 1. The molecule has 1 fully saturated rings.